The number of hydrogen-bond acceptors (Lipinski definition) is 0. The van der Waals surface area contributed by atoms with Crippen LogP contribution in [0, 0.1) is 0 Å². The molecule has 0 amide bonds. The Labute approximate surface area is 101 Å². The quantitative estimate of drug-likeness (QED) is 0.675. The molecule has 0 nitrogen and oxygen atoms in total. The van der Waals surface area contributed by atoms with Crippen molar-refractivity contribution in [1.29, 1.82) is 0 Å². The van der Waals surface area contributed by atoms with E-state index in [1.54, 1.807) is 0 Å². The minimum atomic E-state index is 0.286. The van der Waals surface area contributed by atoms with Gasteiger partial charge in [0, 0.05) is 4.47 Å². The Morgan fingerprint density at radius 2 is 2.07 bits per heavy atom. The molecule has 0 bridgehead atoms. The van der Waals surface area contributed by atoms with Crippen molar-refractivity contribution in [3.05, 3.63) is 39.9 Å². The van der Waals surface area contributed by atoms with Crippen LogP contribution in [-0.4, -0.2) is 0 Å². The molecule has 0 saturated carbocycles. The van der Waals surface area contributed by atoms with Crippen LogP contribution >= 0.6 is 15.9 Å². The summed E-state index contributed by atoms with van der Waals surface area (Å²) in [5.74, 6) is 0. The van der Waals surface area contributed by atoms with Gasteiger partial charge >= 0.3 is 0 Å². The highest BCUT2D eigenvalue weighted by atomic mass is 79.9. The summed E-state index contributed by atoms with van der Waals surface area (Å²) in [7, 11) is 0. The third-order valence-corrected chi connectivity index (χ3v) is 3.79. The Balaban J connectivity index is 2.62. The van der Waals surface area contributed by atoms with Crippen molar-refractivity contribution in [3.8, 4) is 0 Å². The smallest absolute Gasteiger partial charge is 0.0181 e. The SMILES string of the molecule is CCC1=CCC(C)(C)c2ccc(Br)cc21. The monoisotopic (exact) mass is 264 g/mol. The van der Waals surface area contributed by atoms with Crippen LogP contribution in [0.3, 0.4) is 0 Å². The molecule has 0 saturated heterocycles. The Morgan fingerprint density at radius 3 is 2.73 bits per heavy atom. The van der Waals surface area contributed by atoms with Gasteiger partial charge in [-0.25, -0.2) is 0 Å². The molecular formula is C14H17Br. The maximum atomic E-state index is 3.56. The molecule has 1 aliphatic carbocycles. The molecule has 2 rings (SSSR count). The van der Waals surface area contributed by atoms with E-state index >= 15 is 0 Å². The molecule has 80 valence electrons. The van der Waals surface area contributed by atoms with Crippen molar-refractivity contribution >= 4 is 21.5 Å². The summed E-state index contributed by atoms with van der Waals surface area (Å²) >= 11 is 3.56. The Kier molecular flexibility index (Phi) is 2.76. The first-order valence-corrected chi connectivity index (χ1v) is 6.33. The van der Waals surface area contributed by atoms with E-state index in [1.165, 1.54) is 21.2 Å². The fourth-order valence-electron chi connectivity index (χ4n) is 2.31. The summed E-state index contributed by atoms with van der Waals surface area (Å²) in [5, 5.41) is 0. The molecule has 1 aromatic rings. The number of allylic oxidation sites excluding steroid dienone is 2. The molecule has 0 heterocycles. The topological polar surface area (TPSA) is 0 Å². The van der Waals surface area contributed by atoms with E-state index in [2.05, 4.69) is 61.0 Å². The predicted octanol–water partition coefficient (Wildman–Crippen LogP) is 4.92. The molecule has 1 aliphatic rings. The predicted molar refractivity (Wildman–Crippen MR) is 70.1 cm³/mol. The first-order chi connectivity index (χ1) is 7.04. The van der Waals surface area contributed by atoms with E-state index in [4.69, 9.17) is 0 Å². The molecule has 15 heavy (non-hydrogen) atoms. The third-order valence-electron chi connectivity index (χ3n) is 3.30. The summed E-state index contributed by atoms with van der Waals surface area (Å²) in [4.78, 5) is 0. The molecule has 0 unspecified atom stereocenters. The van der Waals surface area contributed by atoms with Gasteiger partial charge < -0.3 is 0 Å². The second-order valence-corrected chi connectivity index (χ2v) is 5.78. The molecule has 0 fully saturated rings. The van der Waals surface area contributed by atoms with Crippen molar-refractivity contribution in [2.75, 3.05) is 0 Å². The van der Waals surface area contributed by atoms with Gasteiger partial charge in [-0.1, -0.05) is 48.8 Å². The average Bonchev–Trinajstić information content (AvgIpc) is 2.17. The van der Waals surface area contributed by atoms with Crippen LogP contribution in [0.25, 0.3) is 5.57 Å². The first kappa shape index (κ1) is 10.9. The maximum absolute atomic E-state index is 3.56. The van der Waals surface area contributed by atoms with Gasteiger partial charge in [0.05, 0.1) is 0 Å². The van der Waals surface area contributed by atoms with Gasteiger partial charge in [0.2, 0.25) is 0 Å². The summed E-state index contributed by atoms with van der Waals surface area (Å²) in [6.07, 6.45) is 4.68. The van der Waals surface area contributed by atoms with Crippen molar-refractivity contribution < 1.29 is 0 Å². The highest BCUT2D eigenvalue weighted by Crippen LogP contribution is 2.40. The standard InChI is InChI=1S/C14H17Br/c1-4-10-7-8-14(2,3)13-6-5-11(15)9-12(10)13/h5-7,9H,4,8H2,1-3H3. The number of benzene rings is 1. The highest BCUT2D eigenvalue weighted by molar-refractivity contribution is 9.10. The fraction of sp³-hybridized carbons (Fsp3) is 0.429. The van der Waals surface area contributed by atoms with Gasteiger partial charge in [-0.2, -0.15) is 0 Å². The number of rotatable bonds is 1. The van der Waals surface area contributed by atoms with Gasteiger partial charge in [-0.3, -0.25) is 0 Å². The van der Waals surface area contributed by atoms with Crippen LogP contribution in [0.5, 0.6) is 0 Å². The lowest BCUT2D eigenvalue weighted by Gasteiger charge is -2.32. The Bertz CT molecular complexity index is 413. The zero-order valence-corrected chi connectivity index (χ0v) is 11.2. The number of hydrogen-bond donors (Lipinski definition) is 0. The zero-order valence-electron chi connectivity index (χ0n) is 9.60. The van der Waals surface area contributed by atoms with E-state index in [9.17, 15) is 0 Å². The van der Waals surface area contributed by atoms with E-state index < -0.39 is 0 Å². The molecule has 0 atom stereocenters. The fourth-order valence-corrected chi connectivity index (χ4v) is 2.67. The van der Waals surface area contributed by atoms with Crippen LogP contribution < -0.4 is 0 Å². The number of fused-ring (bicyclic) bond motifs is 1. The minimum absolute atomic E-state index is 0.286. The van der Waals surface area contributed by atoms with Gasteiger partial charge in [0.1, 0.15) is 0 Å². The van der Waals surface area contributed by atoms with Gasteiger partial charge in [-0.15, -0.1) is 0 Å². The van der Waals surface area contributed by atoms with Gasteiger partial charge in [0.25, 0.3) is 0 Å². The van der Waals surface area contributed by atoms with E-state index in [0.717, 1.165) is 12.8 Å². The minimum Gasteiger partial charge on any atom is -0.0799 e. The van der Waals surface area contributed by atoms with Crippen LogP contribution in [0.4, 0.5) is 0 Å². The molecule has 1 aromatic carbocycles. The summed E-state index contributed by atoms with van der Waals surface area (Å²) in [5.41, 5.74) is 4.70. The van der Waals surface area contributed by atoms with Crippen LogP contribution in [0.1, 0.15) is 44.7 Å². The molecule has 0 radical (unpaired) electrons. The second kappa shape index (κ2) is 3.79. The maximum Gasteiger partial charge on any atom is 0.0181 e. The molecular weight excluding hydrogens is 248 g/mol. The molecule has 0 N–H and O–H groups in total. The lowest BCUT2D eigenvalue weighted by Crippen LogP contribution is -2.21. The van der Waals surface area contributed by atoms with Crippen LogP contribution in [0.2, 0.25) is 0 Å². The van der Waals surface area contributed by atoms with E-state index in [-0.39, 0.29) is 5.41 Å². The summed E-state index contributed by atoms with van der Waals surface area (Å²) in [6.45, 7) is 6.88. The van der Waals surface area contributed by atoms with Crippen molar-refractivity contribution in [2.45, 2.75) is 39.0 Å². The first-order valence-electron chi connectivity index (χ1n) is 5.54. The van der Waals surface area contributed by atoms with Crippen molar-refractivity contribution in [3.63, 3.8) is 0 Å². The second-order valence-electron chi connectivity index (χ2n) is 4.86. The summed E-state index contributed by atoms with van der Waals surface area (Å²) < 4.78 is 1.18. The number of halogens is 1. The molecule has 1 heteroatoms. The van der Waals surface area contributed by atoms with Gasteiger partial charge in [-0.05, 0) is 47.1 Å². The van der Waals surface area contributed by atoms with E-state index in [1.807, 2.05) is 0 Å². The Morgan fingerprint density at radius 1 is 1.33 bits per heavy atom. The molecule has 0 aliphatic heterocycles. The van der Waals surface area contributed by atoms with Gasteiger partial charge in [0.15, 0.2) is 0 Å². The third kappa shape index (κ3) is 1.90. The molecule has 0 aromatic heterocycles. The highest BCUT2D eigenvalue weighted by Gasteiger charge is 2.27. The van der Waals surface area contributed by atoms with Crippen LogP contribution in [-0.2, 0) is 5.41 Å². The lowest BCUT2D eigenvalue weighted by molar-refractivity contribution is 0.526. The van der Waals surface area contributed by atoms with Crippen LogP contribution in [0.15, 0.2) is 28.7 Å². The normalized spacial score (nSPS) is 18.3. The van der Waals surface area contributed by atoms with E-state index in [0.29, 0.717) is 0 Å². The Hall–Kier alpha value is -0.560. The lowest BCUT2D eigenvalue weighted by atomic mass is 9.73. The van der Waals surface area contributed by atoms with Crippen molar-refractivity contribution in [1.82, 2.24) is 0 Å². The zero-order chi connectivity index (χ0) is 11.1. The summed E-state index contributed by atoms with van der Waals surface area (Å²) in [6, 6.07) is 6.67. The van der Waals surface area contributed by atoms with Crippen molar-refractivity contribution in [2.24, 2.45) is 0 Å². The molecule has 0 spiro atoms. The largest absolute Gasteiger partial charge is 0.0799 e. The average molecular weight is 265 g/mol.